The highest BCUT2D eigenvalue weighted by Gasteiger charge is 2.33. The van der Waals surface area contributed by atoms with Gasteiger partial charge in [0.15, 0.2) is 0 Å². The Morgan fingerprint density at radius 2 is 1.83 bits per heavy atom. The van der Waals surface area contributed by atoms with Gasteiger partial charge >= 0.3 is 0 Å². The van der Waals surface area contributed by atoms with Gasteiger partial charge in [-0.15, -0.1) is 0 Å². The molecule has 6 nitrogen and oxygen atoms in total. The Hall–Kier alpha value is -2.19. The number of carbonyl (C=O) groups excluding carboxylic acids is 1. The number of rotatable bonds is 8. The van der Waals surface area contributed by atoms with Gasteiger partial charge in [-0.1, -0.05) is 76.5 Å². The molecule has 2 aromatic rings. The summed E-state index contributed by atoms with van der Waals surface area (Å²) in [7, 11) is 0. The molecule has 35 heavy (non-hydrogen) atoms. The fraction of sp³-hybridized carbons (Fsp3) is 0.556. The molecule has 0 spiro atoms. The molecule has 4 heterocycles. The van der Waals surface area contributed by atoms with Gasteiger partial charge in [-0.05, 0) is 49.3 Å². The molecule has 0 aromatic carbocycles. The molecule has 0 radical (unpaired) electrons. The standard InChI is InChI=1S/C27H36N4O2S2/c1-5-6-7-8-9-12-30-26(33)22(35-27(30)34)14-21-24(29-15-19(3)13-20(4)16-29)28-23-11-10-18(2)17-31(23)25(21)32/h10-11,14,17,19-20H,5-9,12-13,15-16H2,1-4H3/b22-14-/t19-,20-/m0/s1. The Morgan fingerprint density at radius 1 is 1.11 bits per heavy atom. The number of hydrogen-bond acceptors (Lipinski definition) is 6. The lowest BCUT2D eigenvalue weighted by Gasteiger charge is -2.36. The van der Waals surface area contributed by atoms with Gasteiger partial charge in [0.1, 0.15) is 15.8 Å². The Labute approximate surface area is 217 Å². The van der Waals surface area contributed by atoms with Crippen LogP contribution in [0.15, 0.2) is 28.0 Å². The number of unbranched alkanes of at least 4 members (excludes halogenated alkanes) is 4. The van der Waals surface area contributed by atoms with E-state index in [1.807, 2.05) is 25.3 Å². The minimum absolute atomic E-state index is 0.101. The molecule has 8 heteroatoms. The molecular formula is C27H36N4O2S2. The van der Waals surface area contributed by atoms with Crippen LogP contribution < -0.4 is 10.5 Å². The number of thioether (sulfide) groups is 1. The second-order valence-corrected chi connectivity index (χ2v) is 11.9. The minimum atomic E-state index is -0.149. The van der Waals surface area contributed by atoms with Crippen molar-refractivity contribution in [1.82, 2.24) is 14.3 Å². The van der Waals surface area contributed by atoms with Crippen molar-refractivity contribution in [3.63, 3.8) is 0 Å². The maximum Gasteiger partial charge on any atom is 0.267 e. The number of nitrogens with zero attached hydrogens (tertiary/aromatic N) is 4. The average Bonchev–Trinajstić information content (AvgIpc) is 3.07. The van der Waals surface area contributed by atoms with Gasteiger partial charge in [0.2, 0.25) is 0 Å². The number of hydrogen-bond donors (Lipinski definition) is 0. The smallest absolute Gasteiger partial charge is 0.267 e. The van der Waals surface area contributed by atoms with Crippen LogP contribution >= 0.6 is 24.0 Å². The van der Waals surface area contributed by atoms with Crippen LogP contribution in [0.25, 0.3) is 11.7 Å². The number of carbonyl (C=O) groups is 1. The number of piperidine rings is 1. The number of thiocarbonyl (C=S) groups is 1. The van der Waals surface area contributed by atoms with E-state index < -0.39 is 0 Å². The molecule has 2 aliphatic heterocycles. The normalized spacial score (nSPS) is 22.1. The molecule has 2 aliphatic rings. The minimum Gasteiger partial charge on any atom is -0.355 e. The quantitative estimate of drug-likeness (QED) is 0.259. The van der Waals surface area contributed by atoms with E-state index in [4.69, 9.17) is 17.2 Å². The monoisotopic (exact) mass is 512 g/mol. The van der Waals surface area contributed by atoms with E-state index in [1.54, 1.807) is 15.4 Å². The Bertz CT molecular complexity index is 1200. The molecule has 0 unspecified atom stereocenters. The zero-order valence-corrected chi connectivity index (χ0v) is 22.9. The predicted molar refractivity (Wildman–Crippen MR) is 150 cm³/mol. The summed E-state index contributed by atoms with van der Waals surface area (Å²) in [4.78, 5) is 36.3. The Balaban J connectivity index is 1.71. The van der Waals surface area contributed by atoms with E-state index in [0.717, 1.165) is 37.9 Å². The topological polar surface area (TPSA) is 57.9 Å². The number of fused-ring (bicyclic) bond motifs is 1. The summed E-state index contributed by atoms with van der Waals surface area (Å²) in [5.41, 5.74) is 1.93. The third kappa shape index (κ3) is 5.80. The molecule has 4 rings (SSSR count). The third-order valence-electron chi connectivity index (χ3n) is 6.79. The largest absolute Gasteiger partial charge is 0.355 e. The van der Waals surface area contributed by atoms with Crippen molar-refractivity contribution in [2.45, 2.75) is 66.2 Å². The van der Waals surface area contributed by atoms with E-state index in [-0.39, 0.29) is 11.5 Å². The van der Waals surface area contributed by atoms with Crippen molar-refractivity contribution in [3.05, 3.63) is 44.7 Å². The zero-order chi connectivity index (χ0) is 25.1. The predicted octanol–water partition coefficient (Wildman–Crippen LogP) is 5.66. The van der Waals surface area contributed by atoms with E-state index in [2.05, 4.69) is 25.7 Å². The van der Waals surface area contributed by atoms with E-state index in [1.165, 1.54) is 31.0 Å². The van der Waals surface area contributed by atoms with Crippen LogP contribution in [0.5, 0.6) is 0 Å². The lowest BCUT2D eigenvalue weighted by Crippen LogP contribution is -2.40. The number of pyridine rings is 1. The molecule has 0 N–H and O–H groups in total. The maximum atomic E-state index is 13.7. The SMILES string of the molecule is CCCCCCCN1C(=O)/C(=C/c2c(N3C[C@@H](C)C[C@H](C)C3)nc3ccc(C)cn3c2=O)SC1=S. The average molecular weight is 513 g/mol. The van der Waals surface area contributed by atoms with Gasteiger partial charge in [0.25, 0.3) is 11.5 Å². The van der Waals surface area contributed by atoms with Crippen LogP contribution in [0, 0.1) is 18.8 Å². The lowest BCUT2D eigenvalue weighted by atomic mass is 9.91. The van der Waals surface area contributed by atoms with Crippen LogP contribution in [0.4, 0.5) is 5.82 Å². The Morgan fingerprint density at radius 3 is 2.54 bits per heavy atom. The molecule has 0 bridgehead atoms. The summed E-state index contributed by atoms with van der Waals surface area (Å²) in [6, 6.07) is 3.86. The highest BCUT2D eigenvalue weighted by molar-refractivity contribution is 8.26. The summed E-state index contributed by atoms with van der Waals surface area (Å²) < 4.78 is 2.17. The first-order valence-electron chi connectivity index (χ1n) is 12.8. The molecule has 0 saturated carbocycles. The summed E-state index contributed by atoms with van der Waals surface area (Å²) in [5.74, 6) is 1.59. The molecule has 2 atom stereocenters. The summed E-state index contributed by atoms with van der Waals surface area (Å²) >= 11 is 6.84. The van der Waals surface area contributed by atoms with Gasteiger partial charge in [0, 0.05) is 25.8 Å². The second-order valence-electron chi connectivity index (χ2n) is 10.2. The highest BCUT2D eigenvalue weighted by Crippen LogP contribution is 2.34. The first-order chi connectivity index (χ1) is 16.8. The van der Waals surface area contributed by atoms with Crippen molar-refractivity contribution >= 4 is 51.7 Å². The molecule has 2 fully saturated rings. The van der Waals surface area contributed by atoms with Crippen LogP contribution in [0.2, 0.25) is 0 Å². The van der Waals surface area contributed by atoms with Crippen molar-refractivity contribution in [1.29, 1.82) is 0 Å². The van der Waals surface area contributed by atoms with Gasteiger partial charge in [-0.2, -0.15) is 0 Å². The Kier molecular flexibility index (Phi) is 8.32. The third-order valence-corrected chi connectivity index (χ3v) is 8.17. The fourth-order valence-corrected chi connectivity index (χ4v) is 6.44. The number of anilines is 1. The summed E-state index contributed by atoms with van der Waals surface area (Å²) in [6.07, 6.45) is 10.3. The molecule has 2 aromatic heterocycles. The number of aromatic nitrogens is 2. The van der Waals surface area contributed by atoms with Crippen LogP contribution in [-0.2, 0) is 4.79 Å². The van der Waals surface area contributed by atoms with E-state index >= 15 is 0 Å². The molecule has 2 saturated heterocycles. The second kappa shape index (κ2) is 11.2. The lowest BCUT2D eigenvalue weighted by molar-refractivity contribution is -0.122. The molecule has 188 valence electrons. The van der Waals surface area contributed by atoms with Crippen molar-refractivity contribution in [2.75, 3.05) is 24.5 Å². The van der Waals surface area contributed by atoms with Crippen LogP contribution in [0.3, 0.4) is 0 Å². The molecular weight excluding hydrogens is 476 g/mol. The van der Waals surface area contributed by atoms with Gasteiger partial charge < -0.3 is 4.90 Å². The number of aryl methyl sites for hydroxylation is 1. The maximum absolute atomic E-state index is 13.7. The summed E-state index contributed by atoms with van der Waals surface area (Å²) in [6.45, 7) is 11.0. The van der Waals surface area contributed by atoms with Crippen molar-refractivity contribution < 1.29 is 4.79 Å². The van der Waals surface area contributed by atoms with E-state index in [0.29, 0.717) is 44.6 Å². The highest BCUT2D eigenvalue weighted by atomic mass is 32.2. The van der Waals surface area contributed by atoms with Gasteiger partial charge in [-0.3, -0.25) is 18.9 Å². The van der Waals surface area contributed by atoms with Crippen LogP contribution in [0.1, 0.15) is 70.4 Å². The van der Waals surface area contributed by atoms with Crippen molar-refractivity contribution in [3.8, 4) is 0 Å². The van der Waals surface area contributed by atoms with Gasteiger partial charge in [0.05, 0.1) is 10.5 Å². The summed E-state index contributed by atoms with van der Waals surface area (Å²) in [5, 5.41) is 0. The fourth-order valence-electron chi connectivity index (χ4n) is 5.15. The number of amides is 1. The molecule has 0 aliphatic carbocycles. The van der Waals surface area contributed by atoms with Crippen molar-refractivity contribution in [2.24, 2.45) is 11.8 Å². The molecule has 1 amide bonds. The first kappa shape index (κ1) is 25.9. The van der Waals surface area contributed by atoms with Crippen LogP contribution in [-0.4, -0.2) is 44.1 Å². The zero-order valence-electron chi connectivity index (χ0n) is 21.2. The first-order valence-corrected chi connectivity index (χ1v) is 14.0. The van der Waals surface area contributed by atoms with E-state index in [9.17, 15) is 9.59 Å². The van der Waals surface area contributed by atoms with Gasteiger partial charge in [-0.25, -0.2) is 4.98 Å².